The molecule has 0 aromatic heterocycles. The molecule has 82 valence electrons. The quantitative estimate of drug-likeness (QED) is 0.694. The lowest BCUT2D eigenvalue weighted by Gasteiger charge is -2.03. The molecule has 0 saturated carbocycles. The molecule has 0 amide bonds. The van der Waals surface area contributed by atoms with Crippen LogP contribution in [0.1, 0.15) is 5.56 Å². The van der Waals surface area contributed by atoms with Crippen molar-refractivity contribution in [3.8, 4) is 0 Å². The lowest BCUT2D eigenvalue weighted by atomic mass is 10.2. The second-order valence-corrected chi connectivity index (χ2v) is 2.10. The number of halogens is 4. The molecule has 0 unspecified atom stereocenters. The van der Waals surface area contributed by atoms with Crippen LogP contribution in [-0.4, -0.2) is 7.11 Å². The maximum Gasteiger partial charge on any atom is 0.416 e. The second-order valence-electron chi connectivity index (χ2n) is 2.10. The number of benzene rings is 1. The molecule has 0 aliphatic rings. The van der Waals surface area contributed by atoms with Crippen molar-refractivity contribution in [2.75, 3.05) is 7.11 Å². The Hall–Kier alpha value is -0.780. The summed E-state index contributed by atoms with van der Waals surface area (Å²) in [5, 5.41) is 0. The molecular formula is C8H11ClF3NO. The Morgan fingerprint density at radius 1 is 1.14 bits per heavy atom. The SMILES string of the molecule is CON.Cl.FC(F)(F)c1ccccc1. The van der Waals surface area contributed by atoms with E-state index in [4.69, 9.17) is 0 Å². The first-order valence-electron chi connectivity index (χ1n) is 3.37. The van der Waals surface area contributed by atoms with Crippen LogP contribution in [0.25, 0.3) is 0 Å². The third kappa shape index (κ3) is 6.71. The van der Waals surface area contributed by atoms with E-state index >= 15 is 0 Å². The van der Waals surface area contributed by atoms with Gasteiger partial charge < -0.3 is 4.84 Å². The van der Waals surface area contributed by atoms with Gasteiger partial charge in [0.1, 0.15) is 0 Å². The number of rotatable bonds is 0. The molecule has 1 aromatic carbocycles. The number of alkyl halides is 3. The summed E-state index contributed by atoms with van der Waals surface area (Å²) < 4.78 is 35.4. The predicted molar refractivity (Wildman–Crippen MR) is 49.9 cm³/mol. The van der Waals surface area contributed by atoms with Crippen molar-refractivity contribution >= 4 is 12.4 Å². The molecule has 2 nitrogen and oxygen atoms in total. The summed E-state index contributed by atoms with van der Waals surface area (Å²) in [4.78, 5) is 3.75. The van der Waals surface area contributed by atoms with Gasteiger partial charge in [-0.15, -0.1) is 12.4 Å². The summed E-state index contributed by atoms with van der Waals surface area (Å²) in [6.07, 6.45) is -4.21. The van der Waals surface area contributed by atoms with E-state index in [0.29, 0.717) is 0 Å². The summed E-state index contributed by atoms with van der Waals surface area (Å²) in [7, 11) is 1.40. The highest BCUT2D eigenvalue weighted by molar-refractivity contribution is 5.85. The van der Waals surface area contributed by atoms with Gasteiger partial charge in [0, 0.05) is 0 Å². The van der Waals surface area contributed by atoms with Gasteiger partial charge in [-0.2, -0.15) is 13.2 Å². The Balaban J connectivity index is 0. The normalized spacial score (nSPS) is 9.50. The fourth-order valence-electron chi connectivity index (χ4n) is 0.627. The number of hydrogen-bond donors (Lipinski definition) is 1. The van der Waals surface area contributed by atoms with Gasteiger partial charge in [0.15, 0.2) is 0 Å². The largest absolute Gasteiger partial charge is 0.416 e. The molecule has 14 heavy (non-hydrogen) atoms. The summed E-state index contributed by atoms with van der Waals surface area (Å²) in [5.74, 6) is 4.35. The third-order valence-electron chi connectivity index (χ3n) is 1.10. The van der Waals surface area contributed by atoms with E-state index < -0.39 is 11.7 Å². The van der Waals surface area contributed by atoms with Gasteiger partial charge in [0.2, 0.25) is 0 Å². The fourth-order valence-corrected chi connectivity index (χ4v) is 0.627. The average molecular weight is 230 g/mol. The van der Waals surface area contributed by atoms with Crippen LogP contribution in [0.2, 0.25) is 0 Å². The molecule has 0 heterocycles. The molecule has 0 bridgehead atoms. The van der Waals surface area contributed by atoms with Crippen LogP contribution in [0.5, 0.6) is 0 Å². The lowest BCUT2D eigenvalue weighted by Crippen LogP contribution is -2.03. The monoisotopic (exact) mass is 229 g/mol. The second kappa shape index (κ2) is 7.61. The molecule has 0 spiro atoms. The van der Waals surface area contributed by atoms with E-state index in [1.165, 1.54) is 19.2 Å². The van der Waals surface area contributed by atoms with Gasteiger partial charge in [0.25, 0.3) is 0 Å². The highest BCUT2D eigenvalue weighted by Gasteiger charge is 2.29. The van der Waals surface area contributed by atoms with Crippen LogP contribution in [0, 0.1) is 0 Å². The molecule has 2 N–H and O–H groups in total. The van der Waals surface area contributed by atoms with Crippen molar-refractivity contribution in [1.29, 1.82) is 0 Å². The zero-order valence-electron chi connectivity index (χ0n) is 7.41. The van der Waals surface area contributed by atoms with E-state index in [9.17, 15) is 13.2 Å². The molecule has 6 heteroatoms. The molecule has 0 saturated heterocycles. The van der Waals surface area contributed by atoms with Gasteiger partial charge in [-0.25, -0.2) is 5.90 Å². The summed E-state index contributed by atoms with van der Waals surface area (Å²) in [6, 6.07) is 6.36. The maximum absolute atomic E-state index is 11.8. The number of hydrogen-bond acceptors (Lipinski definition) is 2. The lowest BCUT2D eigenvalue weighted by molar-refractivity contribution is -0.137. The highest BCUT2D eigenvalue weighted by Crippen LogP contribution is 2.28. The molecule has 0 fully saturated rings. The van der Waals surface area contributed by atoms with E-state index in [1.807, 2.05) is 0 Å². The fraction of sp³-hybridized carbons (Fsp3) is 0.250. The summed E-state index contributed by atoms with van der Waals surface area (Å²) in [6.45, 7) is 0. The minimum atomic E-state index is -4.21. The van der Waals surface area contributed by atoms with Crippen molar-refractivity contribution in [3.63, 3.8) is 0 Å². The first kappa shape index (κ1) is 15.7. The van der Waals surface area contributed by atoms with Crippen molar-refractivity contribution in [3.05, 3.63) is 35.9 Å². The van der Waals surface area contributed by atoms with E-state index in [0.717, 1.165) is 12.1 Å². The Morgan fingerprint density at radius 3 is 1.71 bits per heavy atom. The Bertz CT molecular complexity index is 228. The van der Waals surface area contributed by atoms with Crippen molar-refractivity contribution in [1.82, 2.24) is 0 Å². The molecule has 0 radical (unpaired) electrons. The number of nitrogens with two attached hydrogens (primary N) is 1. The van der Waals surface area contributed by atoms with Gasteiger partial charge >= 0.3 is 6.18 Å². The average Bonchev–Trinajstić information content (AvgIpc) is 2.06. The molecule has 0 aliphatic heterocycles. The maximum atomic E-state index is 11.8. The van der Waals surface area contributed by atoms with E-state index in [-0.39, 0.29) is 12.4 Å². The predicted octanol–water partition coefficient (Wildman–Crippen LogP) is 2.63. The first-order chi connectivity index (χ1) is 6.02. The van der Waals surface area contributed by atoms with Crippen LogP contribution in [-0.2, 0) is 11.0 Å². The van der Waals surface area contributed by atoms with Gasteiger partial charge in [-0.3, -0.25) is 0 Å². The highest BCUT2D eigenvalue weighted by atomic mass is 35.5. The third-order valence-corrected chi connectivity index (χ3v) is 1.10. The van der Waals surface area contributed by atoms with E-state index in [2.05, 4.69) is 10.7 Å². The van der Waals surface area contributed by atoms with Gasteiger partial charge in [0.05, 0.1) is 12.7 Å². The van der Waals surface area contributed by atoms with Crippen molar-refractivity contribution < 1.29 is 18.0 Å². The van der Waals surface area contributed by atoms with Crippen LogP contribution >= 0.6 is 12.4 Å². The standard InChI is InChI=1S/C7H5F3.CH5NO.ClH/c8-7(9,10)6-4-2-1-3-5-6;1-3-2;/h1-5H;2H2,1H3;1H. The van der Waals surface area contributed by atoms with Crippen LogP contribution in [0.15, 0.2) is 30.3 Å². The summed E-state index contributed by atoms with van der Waals surface area (Å²) >= 11 is 0. The van der Waals surface area contributed by atoms with Crippen LogP contribution in [0.3, 0.4) is 0 Å². The van der Waals surface area contributed by atoms with Crippen molar-refractivity contribution in [2.45, 2.75) is 6.18 Å². The zero-order chi connectivity index (χ0) is 10.3. The van der Waals surface area contributed by atoms with Crippen molar-refractivity contribution in [2.24, 2.45) is 5.90 Å². The zero-order valence-corrected chi connectivity index (χ0v) is 8.23. The molecule has 0 atom stereocenters. The molecule has 0 aliphatic carbocycles. The topological polar surface area (TPSA) is 35.2 Å². The van der Waals surface area contributed by atoms with Crippen LogP contribution < -0.4 is 5.90 Å². The van der Waals surface area contributed by atoms with Gasteiger partial charge in [-0.05, 0) is 0 Å². The molecule has 1 aromatic rings. The Kier molecular flexibility index (Phi) is 8.52. The first-order valence-corrected chi connectivity index (χ1v) is 3.37. The minimum absolute atomic E-state index is 0. The van der Waals surface area contributed by atoms with Gasteiger partial charge in [-0.1, -0.05) is 30.3 Å². The minimum Gasteiger partial charge on any atom is -0.308 e. The summed E-state index contributed by atoms with van der Waals surface area (Å²) in [5.41, 5.74) is -0.602. The van der Waals surface area contributed by atoms with Crippen LogP contribution in [0.4, 0.5) is 13.2 Å². The Morgan fingerprint density at radius 2 is 1.50 bits per heavy atom. The molecular weight excluding hydrogens is 219 g/mol. The Labute approximate surface area is 86.2 Å². The smallest absolute Gasteiger partial charge is 0.308 e. The molecule has 1 rings (SSSR count). The van der Waals surface area contributed by atoms with E-state index in [1.54, 1.807) is 6.07 Å².